The van der Waals surface area contributed by atoms with Gasteiger partial charge in [-0.05, 0) is 57.9 Å². The molecule has 1 aromatic heterocycles. The molecule has 0 aliphatic heterocycles. The van der Waals surface area contributed by atoms with Gasteiger partial charge in [0, 0.05) is 12.1 Å². The summed E-state index contributed by atoms with van der Waals surface area (Å²) in [5, 5.41) is 9.72. The molecule has 0 unspecified atom stereocenters. The number of nitrogens with zero attached hydrogens (tertiary/aromatic N) is 1. The van der Waals surface area contributed by atoms with Gasteiger partial charge in [-0.1, -0.05) is 18.0 Å². The van der Waals surface area contributed by atoms with Crippen molar-refractivity contribution in [3.8, 4) is 5.75 Å². The molecule has 2 aromatic rings. The number of aromatic nitrogens is 1. The van der Waals surface area contributed by atoms with Gasteiger partial charge in [-0.2, -0.15) is 0 Å². The molecule has 28 heavy (non-hydrogen) atoms. The number of nitrogens with one attached hydrogen (secondary N) is 2. The van der Waals surface area contributed by atoms with Crippen LogP contribution in [0.2, 0.25) is 0 Å². The molecule has 1 aliphatic carbocycles. The van der Waals surface area contributed by atoms with Crippen LogP contribution in [-0.2, 0) is 11.4 Å². The molecule has 0 radical (unpaired) electrons. The Bertz CT molecular complexity index is 816. The second kappa shape index (κ2) is 8.46. The molecule has 2 N–H and O–H groups in total. The third kappa shape index (κ3) is 4.18. The number of hydrogen-bond acceptors (Lipinski definition) is 5. The number of rotatable bonds is 7. The van der Waals surface area contributed by atoms with Crippen molar-refractivity contribution in [2.24, 2.45) is 0 Å². The number of aryl methyl sites for hydroxylation is 2. The van der Waals surface area contributed by atoms with Crippen LogP contribution in [0.25, 0.3) is 0 Å². The Balaban J connectivity index is 1.64. The topological polar surface area (TPSA) is 93.5 Å². The number of likely N-dealkylation sites (N-methyl/N-ethyl adjacent to an activating group) is 1. The molecule has 1 aliphatic rings. The lowest BCUT2D eigenvalue weighted by Crippen LogP contribution is -2.57. The highest BCUT2D eigenvalue weighted by atomic mass is 16.5. The van der Waals surface area contributed by atoms with Gasteiger partial charge in [-0.15, -0.1) is 0 Å². The Morgan fingerprint density at radius 2 is 1.86 bits per heavy atom. The van der Waals surface area contributed by atoms with E-state index in [-0.39, 0.29) is 11.8 Å². The van der Waals surface area contributed by atoms with E-state index in [4.69, 9.17) is 9.26 Å². The quantitative estimate of drug-likeness (QED) is 0.764. The summed E-state index contributed by atoms with van der Waals surface area (Å²) in [5.74, 6) is 1.04. The fourth-order valence-corrected chi connectivity index (χ4v) is 3.57. The molecule has 0 bridgehead atoms. The van der Waals surface area contributed by atoms with Crippen LogP contribution in [-0.4, -0.2) is 29.1 Å². The summed E-state index contributed by atoms with van der Waals surface area (Å²) in [5.41, 5.74) is 1.43. The summed E-state index contributed by atoms with van der Waals surface area (Å²) in [6.45, 7) is 6.50. The van der Waals surface area contributed by atoms with Gasteiger partial charge in [0.05, 0.1) is 11.3 Å². The van der Waals surface area contributed by atoms with Crippen LogP contribution in [0.3, 0.4) is 0 Å². The highest BCUT2D eigenvalue weighted by Gasteiger charge is 2.42. The van der Waals surface area contributed by atoms with Crippen LogP contribution >= 0.6 is 0 Å². The normalized spacial score (nSPS) is 15.2. The maximum absolute atomic E-state index is 12.7. The van der Waals surface area contributed by atoms with E-state index in [2.05, 4.69) is 15.8 Å². The molecule has 3 rings (SSSR count). The van der Waals surface area contributed by atoms with Gasteiger partial charge in [0.2, 0.25) is 5.91 Å². The Morgan fingerprint density at radius 3 is 2.43 bits per heavy atom. The molecule has 1 fully saturated rings. The molecule has 1 saturated carbocycles. The van der Waals surface area contributed by atoms with Crippen LogP contribution in [0.4, 0.5) is 0 Å². The molecular weight excluding hydrogens is 358 g/mol. The van der Waals surface area contributed by atoms with Gasteiger partial charge in [-0.25, -0.2) is 0 Å². The van der Waals surface area contributed by atoms with Gasteiger partial charge >= 0.3 is 0 Å². The zero-order valence-electron chi connectivity index (χ0n) is 16.6. The van der Waals surface area contributed by atoms with E-state index in [1.165, 1.54) is 0 Å². The van der Waals surface area contributed by atoms with E-state index in [9.17, 15) is 9.59 Å². The number of amides is 2. The standard InChI is InChI=1S/C21H27N3O4/c1-4-22-20(26)21(11-5-6-12-21)23-19(25)16-7-9-17(10-8-16)27-13-18-14(2)24-28-15(18)3/h7-10H,4-6,11-13H2,1-3H3,(H,22,26)(H,23,25). The summed E-state index contributed by atoms with van der Waals surface area (Å²) >= 11 is 0. The van der Waals surface area contributed by atoms with Crippen molar-refractivity contribution >= 4 is 11.8 Å². The highest BCUT2D eigenvalue weighted by molar-refractivity contribution is 5.99. The third-order valence-electron chi connectivity index (χ3n) is 5.26. The van der Waals surface area contributed by atoms with Crippen molar-refractivity contribution in [3.05, 3.63) is 46.8 Å². The lowest BCUT2D eigenvalue weighted by Gasteiger charge is -2.28. The zero-order chi connectivity index (χ0) is 20.1. The molecule has 0 spiro atoms. The molecular formula is C21H27N3O4. The summed E-state index contributed by atoms with van der Waals surface area (Å²) in [6.07, 6.45) is 3.21. The van der Waals surface area contributed by atoms with E-state index in [1.54, 1.807) is 24.3 Å². The minimum absolute atomic E-state index is 0.0970. The number of hydrogen-bond donors (Lipinski definition) is 2. The van der Waals surface area contributed by atoms with Gasteiger partial charge in [-0.3, -0.25) is 9.59 Å². The molecule has 1 heterocycles. The second-order valence-corrected chi connectivity index (χ2v) is 7.22. The lowest BCUT2D eigenvalue weighted by atomic mass is 9.95. The van der Waals surface area contributed by atoms with E-state index < -0.39 is 5.54 Å². The molecule has 7 nitrogen and oxygen atoms in total. The van der Waals surface area contributed by atoms with Crippen LogP contribution in [0.5, 0.6) is 5.75 Å². The number of carbonyl (C=O) groups excluding carboxylic acids is 2. The average molecular weight is 385 g/mol. The van der Waals surface area contributed by atoms with Crippen molar-refractivity contribution in [1.82, 2.24) is 15.8 Å². The number of ether oxygens (including phenoxy) is 1. The van der Waals surface area contributed by atoms with E-state index in [0.29, 0.717) is 37.3 Å². The molecule has 0 atom stereocenters. The van der Waals surface area contributed by atoms with Gasteiger partial charge in [0.25, 0.3) is 5.91 Å². The highest BCUT2D eigenvalue weighted by Crippen LogP contribution is 2.30. The second-order valence-electron chi connectivity index (χ2n) is 7.22. The lowest BCUT2D eigenvalue weighted by molar-refractivity contribution is -0.127. The van der Waals surface area contributed by atoms with Gasteiger partial charge < -0.3 is 19.9 Å². The smallest absolute Gasteiger partial charge is 0.252 e. The van der Waals surface area contributed by atoms with Gasteiger partial charge in [0.15, 0.2) is 0 Å². The van der Waals surface area contributed by atoms with Crippen molar-refractivity contribution in [3.63, 3.8) is 0 Å². The Hall–Kier alpha value is -2.83. The Morgan fingerprint density at radius 1 is 1.18 bits per heavy atom. The predicted molar refractivity (Wildman–Crippen MR) is 104 cm³/mol. The molecule has 1 aromatic carbocycles. The monoisotopic (exact) mass is 385 g/mol. The Labute approximate surface area is 164 Å². The SMILES string of the molecule is CCNC(=O)C1(NC(=O)c2ccc(OCc3c(C)noc3C)cc2)CCCC1. The number of carbonyl (C=O) groups is 2. The Kier molecular flexibility index (Phi) is 6.02. The fraction of sp³-hybridized carbons (Fsp3) is 0.476. The van der Waals surface area contributed by atoms with Crippen LogP contribution in [0.1, 0.15) is 60.0 Å². The average Bonchev–Trinajstić information content (AvgIpc) is 3.28. The predicted octanol–water partition coefficient (Wildman–Crippen LogP) is 3.05. The van der Waals surface area contributed by atoms with Crippen molar-refractivity contribution in [1.29, 1.82) is 0 Å². The van der Waals surface area contributed by atoms with Crippen LogP contribution in [0.15, 0.2) is 28.8 Å². The third-order valence-corrected chi connectivity index (χ3v) is 5.26. The first kappa shape index (κ1) is 19.9. The largest absolute Gasteiger partial charge is 0.489 e. The van der Waals surface area contributed by atoms with E-state index in [0.717, 1.165) is 29.9 Å². The van der Waals surface area contributed by atoms with Crippen molar-refractivity contribution in [2.45, 2.75) is 58.6 Å². The maximum atomic E-state index is 12.7. The summed E-state index contributed by atoms with van der Waals surface area (Å²) < 4.78 is 10.9. The molecule has 150 valence electrons. The fourth-order valence-electron chi connectivity index (χ4n) is 3.57. The first-order valence-electron chi connectivity index (χ1n) is 9.70. The zero-order valence-corrected chi connectivity index (χ0v) is 16.6. The van der Waals surface area contributed by atoms with Gasteiger partial charge in [0.1, 0.15) is 23.7 Å². The van der Waals surface area contributed by atoms with Crippen LogP contribution < -0.4 is 15.4 Å². The summed E-state index contributed by atoms with van der Waals surface area (Å²) in [6, 6.07) is 6.91. The number of benzene rings is 1. The van der Waals surface area contributed by atoms with Crippen LogP contribution in [0, 0.1) is 13.8 Å². The maximum Gasteiger partial charge on any atom is 0.252 e. The first-order valence-corrected chi connectivity index (χ1v) is 9.70. The molecule has 2 amide bonds. The summed E-state index contributed by atoms with van der Waals surface area (Å²) in [7, 11) is 0. The first-order chi connectivity index (χ1) is 13.4. The minimum Gasteiger partial charge on any atom is -0.489 e. The van der Waals surface area contributed by atoms with E-state index in [1.807, 2.05) is 20.8 Å². The molecule has 0 saturated heterocycles. The van der Waals surface area contributed by atoms with Crippen molar-refractivity contribution in [2.75, 3.05) is 6.54 Å². The minimum atomic E-state index is -0.800. The summed E-state index contributed by atoms with van der Waals surface area (Å²) in [4.78, 5) is 25.2. The van der Waals surface area contributed by atoms with Crippen molar-refractivity contribution < 1.29 is 18.8 Å². The van der Waals surface area contributed by atoms with E-state index >= 15 is 0 Å². The molecule has 7 heteroatoms.